The van der Waals surface area contributed by atoms with Gasteiger partial charge in [-0.3, -0.25) is 0 Å². The molecule has 0 radical (unpaired) electrons. The highest BCUT2D eigenvalue weighted by Gasteiger charge is 2.00. The van der Waals surface area contributed by atoms with E-state index in [0.29, 0.717) is 0 Å². The Labute approximate surface area is 154 Å². The second kappa shape index (κ2) is 13.1. The first kappa shape index (κ1) is 20.2. The molecule has 0 atom stereocenters. The molecule has 0 bridgehead atoms. The molecule has 0 saturated heterocycles. The predicted molar refractivity (Wildman–Crippen MR) is 110 cm³/mol. The van der Waals surface area contributed by atoms with Crippen molar-refractivity contribution in [3.05, 3.63) is 47.6 Å². The van der Waals surface area contributed by atoms with Gasteiger partial charge in [0, 0.05) is 6.54 Å². The fourth-order valence-electron chi connectivity index (χ4n) is 3.30. The van der Waals surface area contributed by atoms with Gasteiger partial charge >= 0.3 is 0 Å². The topological polar surface area (TPSA) is 27.3 Å². The number of rotatable bonds is 13. The zero-order valence-corrected chi connectivity index (χ0v) is 16.1. The highest BCUT2D eigenvalue weighted by molar-refractivity contribution is 5.23. The summed E-state index contributed by atoms with van der Waals surface area (Å²) in [4.78, 5) is 2.45. The predicted octanol–water partition coefficient (Wildman–Crippen LogP) is 3.82. The van der Waals surface area contributed by atoms with Crippen LogP contribution in [0.3, 0.4) is 0 Å². The van der Waals surface area contributed by atoms with E-state index >= 15 is 0 Å². The molecule has 25 heavy (non-hydrogen) atoms. The van der Waals surface area contributed by atoms with Gasteiger partial charge in [0.05, 0.1) is 0 Å². The van der Waals surface area contributed by atoms with Gasteiger partial charge in [0.2, 0.25) is 0 Å². The largest absolute Gasteiger partial charge is 0.316 e. The minimum atomic E-state index is 1.02. The van der Waals surface area contributed by atoms with E-state index in [1.165, 1.54) is 69.2 Å². The van der Waals surface area contributed by atoms with Crippen LogP contribution < -0.4 is 10.6 Å². The molecule has 2 rings (SSSR count). The second-order valence-electron chi connectivity index (χ2n) is 7.20. The van der Waals surface area contributed by atoms with Crippen LogP contribution in [-0.4, -0.2) is 51.2 Å². The first-order valence-electron chi connectivity index (χ1n) is 10.2. The Morgan fingerprint density at radius 1 is 0.800 bits per heavy atom. The molecule has 3 heteroatoms. The third kappa shape index (κ3) is 9.78. The first-order chi connectivity index (χ1) is 12.3. The number of allylic oxidation sites excluding steroid dienone is 5. The van der Waals surface area contributed by atoms with Gasteiger partial charge in [0.1, 0.15) is 0 Å². The van der Waals surface area contributed by atoms with Crippen LogP contribution in [0.5, 0.6) is 0 Å². The Morgan fingerprint density at radius 2 is 1.44 bits per heavy atom. The molecule has 0 aromatic rings. The minimum absolute atomic E-state index is 1.02. The molecule has 2 aliphatic rings. The number of nitrogens with one attached hydrogen (secondary N) is 2. The van der Waals surface area contributed by atoms with Crippen LogP contribution >= 0.6 is 0 Å². The summed E-state index contributed by atoms with van der Waals surface area (Å²) in [6.07, 6.45) is 22.3. The average molecular weight is 344 g/mol. The summed E-state index contributed by atoms with van der Waals surface area (Å²) in [6.45, 7) is 6.73. The highest BCUT2D eigenvalue weighted by Crippen LogP contribution is 2.12. The van der Waals surface area contributed by atoms with Gasteiger partial charge in [0.15, 0.2) is 0 Å². The summed E-state index contributed by atoms with van der Waals surface area (Å²) in [7, 11) is 2.24. The van der Waals surface area contributed by atoms with Crippen LogP contribution in [0.2, 0.25) is 0 Å². The third-order valence-corrected chi connectivity index (χ3v) is 4.85. The Morgan fingerprint density at radius 3 is 2.08 bits per heavy atom. The molecular formula is C22H37N3. The summed E-state index contributed by atoms with van der Waals surface area (Å²) in [5.41, 5.74) is 2.95. The van der Waals surface area contributed by atoms with Gasteiger partial charge in [-0.2, -0.15) is 0 Å². The average Bonchev–Trinajstić information content (AvgIpc) is 2.66. The van der Waals surface area contributed by atoms with Gasteiger partial charge in [0.25, 0.3) is 0 Å². The van der Waals surface area contributed by atoms with E-state index in [4.69, 9.17) is 0 Å². The Bertz CT molecular complexity index is 474. The maximum atomic E-state index is 3.57. The van der Waals surface area contributed by atoms with E-state index in [9.17, 15) is 0 Å². The van der Waals surface area contributed by atoms with Crippen molar-refractivity contribution in [2.75, 3.05) is 46.3 Å². The quantitative estimate of drug-likeness (QED) is 0.498. The van der Waals surface area contributed by atoms with Crippen LogP contribution in [-0.2, 0) is 0 Å². The van der Waals surface area contributed by atoms with Crippen molar-refractivity contribution in [1.29, 1.82) is 0 Å². The maximum absolute atomic E-state index is 3.57. The van der Waals surface area contributed by atoms with Crippen molar-refractivity contribution in [1.82, 2.24) is 15.5 Å². The van der Waals surface area contributed by atoms with Crippen molar-refractivity contribution < 1.29 is 0 Å². The lowest BCUT2D eigenvalue weighted by Gasteiger charge is -2.17. The normalized spacial score (nSPS) is 17.0. The molecule has 2 aliphatic carbocycles. The van der Waals surface area contributed by atoms with Gasteiger partial charge in [-0.1, -0.05) is 42.0 Å². The molecule has 0 amide bonds. The number of hydrogen-bond donors (Lipinski definition) is 2. The van der Waals surface area contributed by atoms with E-state index in [1.807, 2.05) is 0 Å². The van der Waals surface area contributed by atoms with E-state index in [2.05, 4.69) is 59.0 Å². The summed E-state index contributed by atoms with van der Waals surface area (Å²) in [6, 6.07) is 0. The molecule has 140 valence electrons. The van der Waals surface area contributed by atoms with E-state index in [-0.39, 0.29) is 0 Å². The minimum Gasteiger partial charge on any atom is -0.316 e. The fraction of sp³-hybridized carbons (Fsp3) is 0.636. The smallest absolute Gasteiger partial charge is 0.0202 e. The molecule has 0 aromatic heterocycles. The molecule has 0 unspecified atom stereocenters. The Kier molecular flexibility index (Phi) is 10.6. The van der Waals surface area contributed by atoms with E-state index in [0.717, 1.165) is 26.2 Å². The van der Waals surface area contributed by atoms with Gasteiger partial charge in [-0.05, 0) is 90.3 Å². The molecule has 0 heterocycles. The molecule has 0 spiro atoms. The second-order valence-corrected chi connectivity index (χ2v) is 7.20. The molecule has 0 saturated carbocycles. The SMILES string of the molecule is CN(CCCNCCC1=CCCC=C1)CCCNCC1=CCCC=C1. The van der Waals surface area contributed by atoms with Crippen LogP contribution in [0.1, 0.15) is 44.9 Å². The number of hydrogen-bond acceptors (Lipinski definition) is 3. The number of nitrogens with zero attached hydrogens (tertiary/aromatic N) is 1. The summed E-state index contributed by atoms with van der Waals surface area (Å²) in [5.74, 6) is 0. The Hall–Kier alpha value is -1.16. The van der Waals surface area contributed by atoms with Crippen LogP contribution in [0.15, 0.2) is 47.6 Å². The lowest BCUT2D eigenvalue weighted by Crippen LogP contribution is -2.28. The molecule has 3 nitrogen and oxygen atoms in total. The van der Waals surface area contributed by atoms with Crippen molar-refractivity contribution in [3.8, 4) is 0 Å². The zero-order valence-electron chi connectivity index (χ0n) is 16.1. The fourth-order valence-corrected chi connectivity index (χ4v) is 3.30. The lowest BCUT2D eigenvalue weighted by atomic mass is 10.0. The standard InChI is InChI=1S/C22H37N3/c1-25(19-9-16-24-20-22-12-6-3-7-13-22)18-8-15-23-17-14-21-10-4-2-5-11-21/h4,6,10-13,23-24H,2-3,5,7-9,14-20H2,1H3. The monoisotopic (exact) mass is 343 g/mol. The third-order valence-electron chi connectivity index (χ3n) is 4.85. The van der Waals surface area contributed by atoms with E-state index in [1.54, 1.807) is 0 Å². The molecular weight excluding hydrogens is 306 g/mol. The highest BCUT2D eigenvalue weighted by atomic mass is 15.1. The van der Waals surface area contributed by atoms with Crippen molar-refractivity contribution in [2.24, 2.45) is 0 Å². The van der Waals surface area contributed by atoms with Gasteiger partial charge in [-0.15, -0.1) is 0 Å². The van der Waals surface area contributed by atoms with E-state index < -0.39 is 0 Å². The molecule has 0 aliphatic heterocycles. The summed E-state index contributed by atoms with van der Waals surface area (Å²) in [5, 5.41) is 7.13. The van der Waals surface area contributed by atoms with Gasteiger partial charge in [-0.25, -0.2) is 0 Å². The summed E-state index contributed by atoms with van der Waals surface area (Å²) < 4.78 is 0. The lowest BCUT2D eigenvalue weighted by molar-refractivity contribution is 0.321. The summed E-state index contributed by atoms with van der Waals surface area (Å²) >= 11 is 0. The van der Waals surface area contributed by atoms with Crippen molar-refractivity contribution in [3.63, 3.8) is 0 Å². The van der Waals surface area contributed by atoms with Crippen LogP contribution in [0, 0.1) is 0 Å². The van der Waals surface area contributed by atoms with Crippen molar-refractivity contribution >= 4 is 0 Å². The van der Waals surface area contributed by atoms with Crippen LogP contribution in [0.4, 0.5) is 0 Å². The van der Waals surface area contributed by atoms with Gasteiger partial charge < -0.3 is 15.5 Å². The Balaban J connectivity index is 1.36. The maximum Gasteiger partial charge on any atom is 0.0202 e. The molecule has 2 N–H and O–H groups in total. The first-order valence-corrected chi connectivity index (χ1v) is 10.2. The molecule has 0 fully saturated rings. The molecule has 0 aromatic carbocycles. The zero-order chi connectivity index (χ0) is 17.6. The van der Waals surface area contributed by atoms with Crippen molar-refractivity contribution in [2.45, 2.75) is 44.9 Å². The van der Waals surface area contributed by atoms with Crippen LogP contribution in [0.25, 0.3) is 0 Å².